The highest BCUT2D eigenvalue weighted by molar-refractivity contribution is 5.78. The van der Waals surface area contributed by atoms with Crippen LogP contribution in [0.2, 0.25) is 0 Å². The minimum absolute atomic E-state index is 0.100. The summed E-state index contributed by atoms with van der Waals surface area (Å²) in [5, 5.41) is 0. The largest absolute Gasteiger partial charge is 0.416 e. The molecule has 0 saturated carbocycles. The second-order valence-electron chi connectivity index (χ2n) is 4.35. The van der Waals surface area contributed by atoms with Gasteiger partial charge in [0, 0.05) is 11.3 Å². The lowest BCUT2D eigenvalue weighted by Gasteiger charge is -2.13. The molecule has 0 atom stereocenters. The smallest absolute Gasteiger partial charge is 0.398 e. The average Bonchev–Trinajstić information content (AvgIpc) is 2.35. The van der Waals surface area contributed by atoms with Crippen molar-refractivity contribution in [2.75, 3.05) is 5.73 Å². The molecular formula is C14H10F5N. The molecular weight excluding hydrogens is 277 g/mol. The summed E-state index contributed by atoms with van der Waals surface area (Å²) in [6, 6.07) is 4.67. The summed E-state index contributed by atoms with van der Waals surface area (Å²) < 4.78 is 65.2. The molecule has 0 aliphatic rings. The van der Waals surface area contributed by atoms with Crippen LogP contribution in [0, 0.1) is 18.6 Å². The van der Waals surface area contributed by atoms with E-state index >= 15 is 0 Å². The van der Waals surface area contributed by atoms with Crippen LogP contribution in [-0.2, 0) is 6.18 Å². The van der Waals surface area contributed by atoms with E-state index in [0.29, 0.717) is 6.07 Å². The molecule has 0 aliphatic carbocycles. The van der Waals surface area contributed by atoms with E-state index in [0.717, 1.165) is 18.2 Å². The van der Waals surface area contributed by atoms with E-state index in [1.807, 2.05) is 0 Å². The number of halogens is 5. The van der Waals surface area contributed by atoms with E-state index in [2.05, 4.69) is 0 Å². The molecule has 0 radical (unpaired) electrons. The van der Waals surface area contributed by atoms with Gasteiger partial charge < -0.3 is 5.73 Å². The molecule has 0 heterocycles. The first kappa shape index (κ1) is 14.3. The highest BCUT2D eigenvalue weighted by Crippen LogP contribution is 2.36. The fourth-order valence-corrected chi connectivity index (χ4v) is 1.87. The van der Waals surface area contributed by atoms with Gasteiger partial charge >= 0.3 is 6.18 Å². The Labute approximate surface area is 111 Å². The first-order valence-corrected chi connectivity index (χ1v) is 5.63. The zero-order valence-corrected chi connectivity index (χ0v) is 10.4. The molecule has 0 unspecified atom stereocenters. The molecule has 0 bridgehead atoms. The van der Waals surface area contributed by atoms with Gasteiger partial charge in [-0.1, -0.05) is 12.1 Å². The van der Waals surface area contributed by atoms with E-state index in [1.165, 1.54) is 13.0 Å². The second kappa shape index (κ2) is 4.77. The van der Waals surface area contributed by atoms with Gasteiger partial charge in [0.2, 0.25) is 0 Å². The Morgan fingerprint density at radius 1 is 1.00 bits per heavy atom. The number of anilines is 1. The highest BCUT2D eigenvalue weighted by atomic mass is 19.4. The Hall–Kier alpha value is -2.11. The van der Waals surface area contributed by atoms with Crippen molar-refractivity contribution in [3.8, 4) is 11.1 Å². The summed E-state index contributed by atoms with van der Waals surface area (Å²) in [6.45, 7) is 1.43. The molecule has 0 aromatic heterocycles. The molecule has 2 N–H and O–H groups in total. The van der Waals surface area contributed by atoms with Crippen LogP contribution >= 0.6 is 0 Å². The third-order valence-electron chi connectivity index (χ3n) is 2.93. The molecule has 0 aliphatic heterocycles. The maximum atomic E-state index is 13.9. The summed E-state index contributed by atoms with van der Waals surface area (Å²) in [4.78, 5) is 0. The monoisotopic (exact) mass is 287 g/mol. The normalized spacial score (nSPS) is 11.7. The lowest BCUT2D eigenvalue weighted by molar-refractivity contribution is -0.137. The second-order valence-corrected chi connectivity index (χ2v) is 4.35. The molecule has 0 fully saturated rings. The van der Waals surface area contributed by atoms with E-state index in [9.17, 15) is 22.0 Å². The Balaban J connectivity index is 2.64. The fourth-order valence-electron chi connectivity index (χ4n) is 1.87. The number of benzene rings is 2. The Bertz CT molecular complexity index is 661. The zero-order chi connectivity index (χ0) is 15.1. The van der Waals surface area contributed by atoms with E-state index in [-0.39, 0.29) is 16.8 Å². The van der Waals surface area contributed by atoms with Crippen LogP contribution < -0.4 is 5.73 Å². The van der Waals surface area contributed by atoms with Gasteiger partial charge in [0.05, 0.1) is 11.1 Å². The van der Waals surface area contributed by atoms with Crippen LogP contribution in [0.3, 0.4) is 0 Å². The van der Waals surface area contributed by atoms with Crippen LogP contribution in [-0.4, -0.2) is 0 Å². The standard InChI is InChI=1S/C14H10F5N/c1-7-2-5-10(15)12(13(7)16)9-4-3-8(6-11(9)20)14(17,18)19/h2-6H,20H2,1H3. The number of alkyl halides is 3. The van der Waals surface area contributed by atoms with Crippen molar-refractivity contribution < 1.29 is 22.0 Å². The summed E-state index contributed by atoms with van der Waals surface area (Å²) in [6.07, 6.45) is -4.56. The first-order chi connectivity index (χ1) is 9.21. The van der Waals surface area contributed by atoms with E-state index in [1.54, 1.807) is 0 Å². The third kappa shape index (κ3) is 2.45. The lowest BCUT2D eigenvalue weighted by atomic mass is 9.98. The molecule has 0 amide bonds. The van der Waals surface area contributed by atoms with Gasteiger partial charge in [0.1, 0.15) is 11.6 Å². The summed E-state index contributed by atoms with van der Waals surface area (Å²) in [7, 11) is 0. The molecule has 2 aromatic rings. The van der Waals surface area contributed by atoms with E-state index in [4.69, 9.17) is 5.73 Å². The van der Waals surface area contributed by atoms with Crippen molar-refractivity contribution in [2.24, 2.45) is 0 Å². The lowest BCUT2D eigenvalue weighted by Crippen LogP contribution is -2.06. The molecule has 20 heavy (non-hydrogen) atoms. The van der Waals surface area contributed by atoms with Crippen LogP contribution in [0.1, 0.15) is 11.1 Å². The number of aryl methyl sites for hydroxylation is 1. The summed E-state index contributed by atoms with van der Waals surface area (Å²) in [5.41, 5.74) is 3.87. The minimum Gasteiger partial charge on any atom is -0.398 e. The van der Waals surface area contributed by atoms with Gasteiger partial charge in [0.15, 0.2) is 0 Å². The predicted octanol–water partition coefficient (Wildman–Crippen LogP) is 4.54. The summed E-state index contributed by atoms with van der Waals surface area (Å²) >= 11 is 0. The van der Waals surface area contributed by atoms with Crippen molar-refractivity contribution in [1.29, 1.82) is 0 Å². The van der Waals surface area contributed by atoms with Gasteiger partial charge in [-0.2, -0.15) is 13.2 Å². The van der Waals surface area contributed by atoms with Crippen molar-refractivity contribution >= 4 is 5.69 Å². The molecule has 6 heteroatoms. The quantitative estimate of drug-likeness (QED) is 0.604. The third-order valence-corrected chi connectivity index (χ3v) is 2.93. The maximum absolute atomic E-state index is 13.9. The SMILES string of the molecule is Cc1ccc(F)c(-c2ccc(C(F)(F)F)cc2N)c1F. The van der Waals surface area contributed by atoms with Crippen LogP contribution in [0.5, 0.6) is 0 Å². The van der Waals surface area contributed by atoms with Gasteiger partial charge in [0.25, 0.3) is 0 Å². The Kier molecular flexibility index (Phi) is 3.41. The maximum Gasteiger partial charge on any atom is 0.416 e. The van der Waals surface area contributed by atoms with Crippen molar-refractivity contribution in [3.63, 3.8) is 0 Å². The molecule has 2 aromatic carbocycles. The number of hydrogen-bond donors (Lipinski definition) is 1. The molecule has 1 nitrogen and oxygen atoms in total. The molecule has 0 saturated heterocycles. The minimum atomic E-state index is -4.56. The number of nitrogens with two attached hydrogens (primary N) is 1. The van der Waals surface area contributed by atoms with Gasteiger partial charge in [-0.3, -0.25) is 0 Å². The van der Waals surface area contributed by atoms with Crippen molar-refractivity contribution in [2.45, 2.75) is 13.1 Å². The summed E-state index contributed by atoms with van der Waals surface area (Å²) in [5.74, 6) is -1.71. The number of rotatable bonds is 1. The predicted molar refractivity (Wildman–Crippen MR) is 65.9 cm³/mol. The number of hydrogen-bond acceptors (Lipinski definition) is 1. The van der Waals surface area contributed by atoms with Crippen molar-refractivity contribution in [3.05, 3.63) is 53.1 Å². The van der Waals surface area contributed by atoms with Crippen molar-refractivity contribution in [1.82, 2.24) is 0 Å². The van der Waals surface area contributed by atoms with Gasteiger partial charge in [-0.05, 0) is 30.7 Å². The first-order valence-electron chi connectivity index (χ1n) is 5.63. The average molecular weight is 287 g/mol. The van der Waals surface area contributed by atoms with Crippen LogP contribution in [0.25, 0.3) is 11.1 Å². The zero-order valence-electron chi connectivity index (χ0n) is 10.4. The highest BCUT2D eigenvalue weighted by Gasteiger charge is 2.31. The van der Waals surface area contributed by atoms with Gasteiger partial charge in [-0.25, -0.2) is 8.78 Å². The van der Waals surface area contributed by atoms with Crippen LogP contribution in [0.4, 0.5) is 27.6 Å². The molecule has 0 spiro atoms. The Morgan fingerprint density at radius 2 is 1.65 bits per heavy atom. The van der Waals surface area contributed by atoms with Crippen LogP contribution in [0.15, 0.2) is 30.3 Å². The Morgan fingerprint density at radius 3 is 2.20 bits per heavy atom. The number of nitrogen functional groups attached to an aromatic ring is 1. The van der Waals surface area contributed by atoms with E-state index < -0.39 is 28.9 Å². The van der Waals surface area contributed by atoms with Gasteiger partial charge in [-0.15, -0.1) is 0 Å². The molecule has 2 rings (SSSR count). The fraction of sp³-hybridized carbons (Fsp3) is 0.143. The molecule has 106 valence electrons. The topological polar surface area (TPSA) is 26.0 Å².